The third-order valence-electron chi connectivity index (χ3n) is 4.28. The van der Waals surface area contributed by atoms with E-state index in [9.17, 15) is 9.59 Å². The van der Waals surface area contributed by atoms with Crippen molar-refractivity contribution >= 4 is 5.78 Å². The van der Waals surface area contributed by atoms with E-state index in [1.54, 1.807) is 43.0 Å². The summed E-state index contributed by atoms with van der Waals surface area (Å²) < 4.78 is 6.71. The summed E-state index contributed by atoms with van der Waals surface area (Å²) in [5, 5.41) is 0. The number of unbranched alkanes of at least 4 members (excludes halogenated alkanes) is 1. The van der Waals surface area contributed by atoms with Gasteiger partial charge in [0.15, 0.2) is 5.78 Å². The Morgan fingerprint density at radius 2 is 1.92 bits per heavy atom. The molecule has 0 bridgehead atoms. The SMILES string of the molecule is C=CCc1c(CCCC)c(C(C)=O)cn(-c2ccc(OC)cc2)c1=O. The first-order valence-corrected chi connectivity index (χ1v) is 8.57. The Morgan fingerprint density at radius 1 is 1.24 bits per heavy atom. The summed E-state index contributed by atoms with van der Waals surface area (Å²) in [5.74, 6) is 0.688. The second-order valence-corrected chi connectivity index (χ2v) is 6.03. The topological polar surface area (TPSA) is 48.3 Å². The molecule has 1 aromatic carbocycles. The number of aromatic nitrogens is 1. The molecule has 2 aromatic rings. The summed E-state index contributed by atoms with van der Waals surface area (Å²) in [4.78, 5) is 25.3. The van der Waals surface area contributed by atoms with Crippen molar-refractivity contribution in [3.05, 3.63) is 70.2 Å². The van der Waals surface area contributed by atoms with Crippen molar-refractivity contribution in [3.63, 3.8) is 0 Å². The molecule has 132 valence electrons. The van der Waals surface area contributed by atoms with Crippen molar-refractivity contribution in [1.29, 1.82) is 0 Å². The second kappa shape index (κ2) is 8.47. The summed E-state index contributed by atoms with van der Waals surface area (Å²) in [5.41, 5.74) is 2.75. The maximum atomic E-state index is 13.0. The number of allylic oxidation sites excluding steroid dienone is 1. The average Bonchev–Trinajstić information content (AvgIpc) is 2.62. The first kappa shape index (κ1) is 18.7. The van der Waals surface area contributed by atoms with Gasteiger partial charge in [-0.3, -0.25) is 14.2 Å². The Bertz CT molecular complexity index is 816. The van der Waals surface area contributed by atoms with E-state index < -0.39 is 0 Å². The fraction of sp³-hybridized carbons (Fsp3) is 0.333. The van der Waals surface area contributed by atoms with Crippen LogP contribution in [0.5, 0.6) is 5.75 Å². The summed E-state index contributed by atoms with van der Waals surface area (Å²) in [6.07, 6.45) is 6.52. The molecule has 2 rings (SSSR count). The van der Waals surface area contributed by atoms with Gasteiger partial charge in [-0.2, -0.15) is 0 Å². The Kier molecular flexibility index (Phi) is 6.34. The Balaban J connectivity index is 2.69. The molecule has 4 heteroatoms. The maximum Gasteiger partial charge on any atom is 0.258 e. The van der Waals surface area contributed by atoms with Gasteiger partial charge in [0.2, 0.25) is 0 Å². The minimum absolute atomic E-state index is 0.0290. The zero-order valence-electron chi connectivity index (χ0n) is 15.2. The number of carbonyl (C=O) groups is 1. The Labute approximate surface area is 148 Å². The molecular weight excluding hydrogens is 314 g/mol. The van der Waals surface area contributed by atoms with Crippen LogP contribution in [0.2, 0.25) is 0 Å². The lowest BCUT2D eigenvalue weighted by atomic mass is 9.94. The van der Waals surface area contributed by atoms with E-state index in [4.69, 9.17) is 4.74 Å². The predicted molar refractivity (Wildman–Crippen MR) is 101 cm³/mol. The van der Waals surface area contributed by atoms with Gasteiger partial charge in [0.05, 0.1) is 7.11 Å². The fourth-order valence-electron chi connectivity index (χ4n) is 2.93. The van der Waals surface area contributed by atoms with Crippen molar-refractivity contribution in [2.45, 2.75) is 39.5 Å². The minimum Gasteiger partial charge on any atom is -0.497 e. The van der Waals surface area contributed by atoms with Crippen LogP contribution < -0.4 is 10.3 Å². The van der Waals surface area contributed by atoms with E-state index in [1.807, 2.05) is 12.1 Å². The first-order chi connectivity index (χ1) is 12.0. The van der Waals surface area contributed by atoms with E-state index in [0.29, 0.717) is 23.2 Å². The van der Waals surface area contributed by atoms with Crippen LogP contribution in [0.4, 0.5) is 0 Å². The highest BCUT2D eigenvalue weighted by Crippen LogP contribution is 2.20. The van der Waals surface area contributed by atoms with Gasteiger partial charge in [0, 0.05) is 23.0 Å². The normalized spacial score (nSPS) is 10.5. The zero-order valence-corrected chi connectivity index (χ0v) is 15.2. The summed E-state index contributed by atoms with van der Waals surface area (Å²) in [7, 11) is 1.60. The molecular formula is C21H25NO3. The highest BCUT2D eigenvalue weighted by atomic mass is 16.5. The third kappa shape index (κ3) is 4.08. The van der Waals surface area contributed by atoms with Crippen molar-refractivity contribution < 1.29 is 9.53 Å². The highest BCUT2D eigenvalue weighted by Gasteiger charge is 2.18. The number of benzene rings is 1. The number of ketones is 1. The van der Waals surface area contributed by atoms with Crippen molar-refractivity contribution in [2.75, 3.05) is 7.11 Å². The summed E-state index contributed by atoms with van der Waals surface area (Å²) in [6, 6.07) is 7.22. The number of nitrogens with zero attached hydrogens (tertiary/aromatic N) is 1. The minimum atomic E-state index is -0.0961. The largest absolute Gasteiger partial charge is 0.497 e. The summed E-state index contributed by atoms with van der Waals surface area (Å²) in [6.45, 7) is 7.41. The second-order valence-electron chi connectivity index (χ2n) is 6.03. The lowest BCUT2D eigenvalue weighted by molar-refractivity contribution is 0.101. The van der Waals surface area contributed by atoms with Crippen molar-refractivity contribution in [1.82, 2.24) is 4.57 Å². The van der Waals surface area contributed by atoms with E-state index in [0.717, 1.165) is 30.6 Å². The molecule has 0 aliphatic rings. The molecule has 0 N–H and O–H groups in total. The quantitative estimate of drug-likeness (QED) is 0.537. The molecule has 0 fully saturated rings. The molecule has 0 saturated carbocycles. The van der Waals surface area contributed by atoms with Crippen LogP contribution >= 0.6 is 0 Å². The zero-order chi connectivity index (χ0) is 18.4. The number of rotatable bonds is 8. The van der Waals surface area contributed by atoms with Gasteiger partial charge < -0.3 is 4.74 Å². The first-order valence-electron chi connectivity index (χ1n) is 8.57. The standard InChI is InChI=1S/C21H25NO3/c1-5-7-9-18-19(8-6-2)21(24)22(14-20(18)15(3)23)16-10-12-17(25-4)13-11-16/h6,10-14H,2,5,7-9H2,1,3-4H3. The molecule has 0 radical (unpaired) electrons. The number of hydrogen-bond acceptors (Lipinski definition) is 3. The van der Waals surface area contributed by atoms with Crippen molar-refractivity contribution in [3.8, 4) is 11.4 Å². The molecule has 0 amide bonds. The van der Waals surface area contributed by atoms with Crippen LogP contribution in [0.1, 0.15) is 48.2 Å². The average molecular weight is 339 g/mol. The number of pyridine rings is 1. The van der Waals surface area contributed by atoms with Gasteiger partial charge >= 0.3 is 0 Å². The molecule has 0 aliphatic carbocycles. The molecule has 0 aliphatic heterocycles. The predicted octanol–water partition coefficient (Wildman–Crippen LogP) is 4.12. The van der Waals surface area contributed by atoms with Crippen molar-refractivity contribution in [2.24, 2.45) is 0 Å². The molecule has 0 saturated heterocycles. The maximum absolute atomic E-state index is 13.0. The van der Waals surface area contributed by atoms with E-state index in [2.05, 4.69) is 13.5 Å². The number of Topliss-reactive ketones (excluding diaryl/α,β-unsaturated/α-hetero) is 1. The molecule has 1 aromatic heterocycles. The van der Waals surface area contributed by atoms with Crippen LogP contribution in [0.3, 0.4) is 0 Å². The lowest BCUT2D eigenvalue weighted by Gasteiger charge is -2.16. The van der Waals surface area contributed by atoms with Crippen LogP contribution in [0, 0.1) is 0 Å². The highest BCUT2D eigenvalue weighted by molar-refractivity contribution is 5.95. The Morgan fingerprint density at radius 3 is 2.44 bits per heavy atom. The lowest BCUT2D eigenvalue weighted by Crippen LogP contribution is -2.26. The van der Waals surface area contributed by atoms with E-state index in [1.165, 1.54) is 0 Å². The van der Waals surface area contributed by atoms with Crippen LogP contribution in [-0.2, 0) is 12.8 Å². The molecule has 0 unspecified atom stereocenters. The smallest absolute Gasteiger partial charge is 0.258 e. The van der Waals surface area contributed by atoms with Crippen LogP contribution in [0.15, 0.2) is 47.9 Å². The summed E-state index contributed by atoms with van der Waals surface area (Å²) >= 11 is 0. The number of ether oxygens (including phenoxy) is 1. The Hall–Kier alpha value is -2.62. The number of carbonyl (C=O) groups excluding carboxylic acids is 1. The number of hydrogen-bond donors (Lipinski definition) is 0. The van der Waals surface area contributed by atoms with Gasteiger partial charge in [-0.15, -0.1) is 6.58 Å². The van der Waals surface area contributed by atoms with E-state index in [-0.39, 0.29) is 11.3 Å². The molecule has 0 atom stereocenters. The van der Waals surface area contributed by atoms with Gasteiger partial charge in [-0.05, 0) is 56.0 Å². The van der Waals surface area contributed by atoms with Gasteiger partial charge in [0.25, 0.3) is 5.56 Å². The monoisotopic (exact) mass is 339 g/mol. The van der Waals surface area contributed by atoms with Gasteiger partial charge in [0.1, 0.15) is 5.75 Å². The number of methoxy groups -OCH3 is 1. The van der Waals surface area contributed by atoms with E-state index >= 15 is 0 Å². The molecule has 4 nitrogen and oxygen atoms in total. The third-order valence-corrected chi connectivity index (χ3v) is 4.28. The van der Waals surface area contributed by atoms with Crippen LogP contribution in [0.25, 0.3) is 5.69 Å². The fourth-order valence-corrected chi connectivity index (χ4v) is 2.93. The molecule has 1 heterocycles. The molecule has 0 spiro atoms. The van der Waals surface area contributed by atoms with Crippen LogP contribution in [-0.4, -0.2) is 17.5 Å². The van der Waals surface area contributed by atoms with Gasteiger partial charge in [-0.1, -0.05) is 19.4 Å². The van der Waals surface area contributed by atoms with Gasteiger partial charge in [-0.25, -0.2) is 0 Å². The molecule has 25 heavy (non-hydrogen) atoms.